The van der Waals surface area contributed by atoms with E-state index in [2.05, 4.69) is 6.92 Å². The maximum absolute atomic E-state index is 7.81. The highest BCUT2D eigenvalue weighted by atomic mass is 16.2. The SMILES string of the molecule is [CH2]CCO. The minimum atomic E-state index is 0.208. The minimum Gasteiger partial charge on any atom is -0.396 e. The van der Waals surface area contributed by atoms with Crippen LogP contribution in [0.3, 0.4) is 0 Å². The van der Waals surface area contributed by atoms with E-state index in [1.807, 2.05) is 0 Å². The second-order valence-electron chi connectivity index (χ2n) is 0.577. The molecule has 1 nitrogen and oxygen atoms in total. The van der Waals surface area contributed by atoms with Gasteiger partial charge in [-0.3, -0.25) is 0 Å². The summed E-state index contributed by atoms with van der Waals surface area (Å²) in [6, 6.07) is 0. The van der Waals surface area contributed by atoms with Crippen molar-refractivity contribution >= 4 is 0 Å². The minimum absolute atomic E-state index is 0.208. The normalized spacial score (nSPS) is 7.50. The molecule has 0 unspecified atom stereocenters. The molecule has 0 fully saturated rings. The fourth-order valence-corrected chi connectivity index (χ4v) is 0. The van der Waals surface area contributed by atoms with Gasteiger partial charge in [-0.1, -0.05) is 6.92 Å². The van der Waals surface area contributed by atoms with Crippen molar-refractivity contribution < 1.29 is 5.11 Å². The van der Waals surface area contributed by atoms with E-state index in [4.69, 9.17) is 5.11 Å². The second-order valence-corrected chi connectivity index (χ2v) is 0.577. The number of hydrogen-bond donors (Lipinski definition) is 1. The van der Waals surface area contributed by atoms with Gasteiger partial charge in [0, 0.05) is 6.61 Å². The lowest BCUT2D eigenvalue weighted by Gasteiger charge is -1.69. The first-order valence-corrected chi connectivity index (χ1v) is 1.32. The number of rotatable bonds is 1. The van der Waals surface area contributed by atoms with Crippen LogP contribution in [-0.2, 0) is 0 Å². The van der Waals surface area contributed by atoms with E-state index in [9.17, 15) is 0 Å². The van der Waals surface area contributed by atoms with Gasteiger partial charge in [0.25, 0.3) is 0 Å². The molecular weight excluding hydrogens is 52.0 g/mol. The molecule has 1 radical (unpaired) electrons. The standard InChI is InChI=1S/C3H7O/c1-2-3-4/h4H,1-3H2. The first-order chi connectivity index (χ1) is 1.91. The van der Waals surface area contributed by atoms with Crippen LogP contribution in [0.5, 0.6) is 0 Å². The lowest BCUT2D eigenvalue weighted by molar-refractivity contribution is 0.302. The Morgan fingerprint density at radius 3 is 2.00 bits per heavy atom. The van der Waals surface area contributed by atoms with Crippen LogP contribution in [0.1, 0.15) is 6.42 Å². The molecule has 0 heterocycles. The van der Waals surface area contributed by atoms with Crippen molar-refractivity contribution in [1.29, 1.82) is 0 Å². The first kappa shape index (κ1) is 3.96. The van der Waals surface area contributed by atoms with Crippen molar-refractivity contribution in [3.63, 3.8) is 0 Å². The Morgan fingerprint density at radius 1 is 1.75 bits per heavy atom. The van der Waals surface area contributed by atoms with E-state index in [-0.39, 0.29) is 6.61 Å². The van der Waals surface area contributed by atoms with E-state index >= 15 is 0 Å². The van der Waals surface area contributed by atoms with Gasteiger partial charge in [0.05, 0.1) is 0 Å². The van der Waals surface area contributed by atoms with Crippen molar-refractivity contribution in [1.82, 2.24) is 0 Å². The molecule has 0 amide bonds. The summed E-state index contributed by atoms with van der Waals surface area (Å²) >= 11 is 0. The molecule has 1 N–H and O–H groups in total. The maximum atomic E-state index is 7.81. The molecule has 0 saturated heterocycles. The Bertz CT molecular complexity index is 5.25. The Balaban J connectivity index is 1.97. The van der Waals surface area contributed by atoms with E-state index in [1.165, 1.54) is 0 Å². The molecule has 0 bridgehead atoms. The fraction of sp³-hybridized carbons (Fsp3) is 0.667. The van der Waals surface area contributed by atoms with Crippen LogP contribution >= 0.6 is 0 Å². The highest BCUT2D eigenvalue weighted by Gasteiger charge is 1.57. The number of aliphatic hydroxyl groups is 1. The van der Waals surface area contributed by atoms with Crippen LogP contribution in [0.25, 0.3) is 0 Å². The number of hydrogen-bond acceptors (Lipinski definition) is 1. The summed E-state index contributed by atoms with van der Waals surface area (Å²) in [5.41, 5.74) is 0. The third-order valence-corrected chi connectivity index (χ3v) is 0.158. The average Bonchev–Trinajstić information content (AvgIpc) is 1.37. The lowest BCUT2D eigenvalue weighted by atomic mass is 10.5. The zero-order valence-electron chi connectivity index (χ0n) is 2.57. The summed E-state index contributed by atoms with van der Waals surface area (Å²) in [6.07, 6.45) is 0.625. The van der Waals surface area contributed by atoms with E-state index in [0.29, 0.717) is 6.42 Å². The first-order valence-electron chi connectivity index (χ1n) is 1.32. The van der Waals surface area contributed by atoms with Gasteiger partial charge in [-0.05, 0) is 6.42 Å². The Hall–Kier alpha value is -0.0400. The summed E-state index contributed by atoms with van der Waals surface area (Å²) in [6.45, 7) is 3.56. The highest BCUT2D eigenvalue weighted by molar-refractivity contribution is 4.28. The predicted octanol–water partition coefficient (Wildman–Crippen LogP) is 0.203. The largest absolute Gasteiger partial charge is 0.396 e. The van der Waals surface area contributed by atoms with Gasteiger partial charge >= 0.3 is 0 Å². The van der Waals surface area contributed by atoms with Gasteiger partial charge in [0.15, 0.2) is 0 Å². The predicted molar refractivity (Wildman–Crippen MR) is 17.1 cm³/mol. The third-order valence-electron chi connectivity index (χ3n) is 0.158. The van der Waals surface area contributed by atoms with Crippen LogP contribution in [0, 0.1) is 6.92 Å². The van der Waals surface area contributed by atoms with Crippen molar-refractivity contribution in [2.24, 2.45) is 0 Å². The van der Waals surface area contributed by atoms with Crippen LogP contribution in [-0.4, -0.2) is 11.7 Å². The maximum Gasteiger partial charge on any atom is 0.0431 e. The fourth-order valence-electron chi connectivity index (χ4n) is 0. The zero-order chi connectivity index (χ0) is 3.41. The molecule has 25 valence electrons. The van der Waals surface area contributed by atoms with Crippen LogP contribution in [0.15, 0.2) is 0 Å². The van der Waals surface area contributed by atoms with Gasteiger partial charge in [0.1, 0.15) is 0 Å². The van der Waals surface area contributed by atoms with E-state index in [1.54, 1.807) is 0 Å². The molecule has 0 aliphatic heterocycles. The second kappa shape index (κ2) is 2.96. The lowest BCUT2D eigenvalue weighted by Crippen LogP contribution is -1.70. The Labute approximate surface area is 26.3 Å². The summed E-state index contributed by atoms with van der Waals surface area (Å²) in [5.74, 6) is 0. The summed E-state index contributed by atoms with van der Waals surface area (Å²) in [5, 5.41) is 7.81. The van der Waals surface area contributed by atoms with Crippen LogP contribution < -0.4 is 0 Å². The number of aliphatic hydroxyl groups excluding tert-OH is 1. The van der Waals surface area contributed by atoms with Crippen LogP contribution in [0.4, 0.5) is 0 Å². The van der Waals surface area contributed by atoms with Gasteiger partial charge in [-0.15, -0.1) is 0 Å². The molecule has 0 atom stereocenters. The molecule has 0 aliphatic carbocycles. The third kappa shape index (κ3) is 1.96. The monoisotopic (exact) mass is 59.0 g/mol. The smallest absolute Gasteiger partial charge is 0.0431 e. The summed E-state index contributed by atoms with van der Waals surface area (Å²) < 4.78 is 0. The van der Waals surface area contributed by atoms with Gasteiger partial charge < -0.3 is 5.11 Å². The molecule has 4 heavy (non-hydrogen) atoms. The van der Waals surface area contributed by atoms with Gasteiger partial charge in [-0.2, -0.15) is 0 Å². The molecule has 1 heteroatoms. The highest BCUT2D eigenvalue weighted by Crippen LogP contribution is 1.60. The Morgan fingerprint density at radius 2 is 2.00 bits per heavy atom. The topological polar surface area (TPSA) is 20.2 Å². The van der Waals surface area contributed by atoms with E-state index < -0.39 is 0 Å². The van der Waals surface area contributed by atoms with Gasteiger partial charge in [-0.25, -0.2) is 0 Å². The van der Waals surface area contributed by atoms with Crippen LogP contribution in [0.2, 0.25) is 0 Å². The molecule has 0 aromatic carbocycles. The van der Waals surface area contributed by atoms with Crippen molar-refractivity contribution in [2.45, 2.75) is 6.42 Å². The Kier molecular flexibility index (Phi) is 2.93. The van der Waals surface area contributed by atoms with Crippen molar-refractivity contribution in [3.8, 4) is 0 Å². The molecule has 0 aliphatic rings. The molecule has 0 saturated carbocycles. The van der Waals surface area contributed by atoms with Crippen molar-refractivity contribution in [2.75, 3.05) is 6.61 Å². The van der Waals surface area contributed by atoms with Crippen molar-refractivity contribution in [3.05, 3.63) is 6.92 Å². The van der Waals surface area contributed by atoms with E-state index in [0.717, 1.165) is 0 Å². The molecule has 0 aromatic rings. The molecular formula is C3H7O. The zero-order valence-corrected chi connectivity index (χ0v) is 2.57. The quantitative estimate of drug-likeness (QED) is 0.457. The molecule has 0 spiro atoms. The summed E-state index contributed by atoms with van der Waals surface area (Å²) in [4.78, 5) is 0. The average molecular weight is 59.1 g/mol. The van der Waals surface area contributed by atoms with Gasteiger partial charge in [0.2, 0.25) is 0 Å². The molecule has 0 aromatic heterocycles. The summed E-state index contributed by atoms with van der Waals surface area (Å²) in [7, 11) is 0. The molecule has 0 rings (SSSR count).